The van der Waals surface area contributed by atoms with Crippen LogP contribution in [0.1, 0.15) is 79.6 Å². The summed E-state index contributed by atoms with van der Waals surface area (Å²) in [5.41, 5.74) is 7.04. The van der Waals surface area contributed by atoms with Crippen LogP contribution in [0.25, 0.3) is 0 Å². The molecule has 5 N–H and O–H groups in total. The molecule has 0 aliphatic rings. The summed E-state index contributed by atoms with van der Waals surface area (Å²) in [5.74, 6) is 0. The van der Waals surface area contributed by atoms with Gasteiger partial charge in [-0.15, -0.1) is 0 Å². The maximum absolute atomic E-state index is 11.3. The van der Waals surface area contributed by atoms with E-state index >= 15 is 0 Å². The number of rotatable bonds is 14. The third-order valence-electron chi connectivity index (χ3n) is 3.63. The Hall–Kier alpha value is -1.69. The first kappa shape index (κ1) is 28.5. The van der Waals surface area contributed by atoms with E-state index < -0.39 is 5.60 Å². The van der Waals surface area contributed by atoms with Crippen LogP contribution in [0.5, 0.6) is 0 Å². The van der Waals surface area contributed by atoms with Crippen molar-refractivity contribution in [3.8, 4) is 0 Å². The van der Waals surface area contributed by atoms with Crippen LogP contribution in [0.2, 0.25) is 0 Å². The summed E-state index contributed by atoms with van der Waals surface area (Å²) in [4.78, 5) is 11.3. The lowest BCUT2D eigenvalue weighted by molar-refractivity contribution is 0.0527. The number of carbonyl (C=O) groups is 1. The molecule has 0 aliphatic heterocycles. The molecule has 0 heterocycles. The second-order valence-electron chi connectivity index (χ2n) is 7.93. The lowest BCUT2D eigenvalue weighted by Gasteiger charge is -2.19. The van der Waals surface area contributed by atoms with Crippen molar-refractivity contribution in [2.24, 2.45) is 5.73 Å². The zero-order chi connectivity index (χ0) is 21.8. The standard InChI is InChI=1S/C14H28N2O2.C8H18N2/c1-6-12(2)15-10-8-7-9-11-16-13(17)18-14(3,4)5;1-8(2)10-7-5-3-4-6-9/h15H,2,6-11H2,1,3-5H3,(H,16,17);10H,1,3-7,9H2,2H3. The first-order valence-electron chi connectivity index (χ1n) is 10.6. The molecular formula is C22H46N4O2. The molecule has 0 bridgehead atoms. The molecule has 0 rings (SSSR count). The van der Waals surface area contributed by atoms with Gasteiger partial charge >= 0.3 is 6.09 Å². The SMILES string of the molecule is C=C(C)NCCCCCN.C=C(CC)NCCCCCNC(=O)OC(C)(C)C. The molecule has 0 radical (unpaired) electrons. The van der Waals surface area contributed by atoms with Crippen molar-refractivity contribution in [1.29, 1.82) is 0 Å². The number of allylic oxidation sites excluding steroid dienone is 2. The molecule has 0 aromatic carbocycles. The maximum Gasteiger partial charge on any atom is 0.407 e. The number of alkyl carbamates (subject to hydrolysis) is 1. The minimum absolute atomic E-state index is 0.333. The van der Waals surface area contributed by atoms with E-state index in [0.717, 1.165) is 63.1 Å². The largest absolute Gasteiger partial charge is 0.444 e. The second-order valence-corrected chi connectivity index (χ2v) is 7.93. The van der Waals surface area contributed by atoms with Crippen molar-refractivity contribution in [2.75, 3.05) is 26.2 Å². The number of unbranched alkanes of at least 4 members (excludes halogenated alkanes) is 4. The third-order valence-corrected chi connectivity index (χ3v) is 3.63. The van der Waals surface area contributed by atoms with Crippen LogP contribution >= 0.6 is 0 Å². The zero-order valence-electron chi connectivity index (χ0n) is 19.1. The van der Waals surface area contributed by atoms with E-state index in [0.29, 0.717) is 6.54 Å². The fourth-order valence-corrected chi connectivity index (χ4v) is 2.07. The molecule has 0 atom stereocenters. The molecule has 6 heteroatoms. The molecule has 0 aromatic rings. The van der Waals surface area contributed by atoms with Gasteiger partial charge in [-0.2, -0.15) is 0 Å². The van der Waals surface area contributed by atoms with Crippen molar-refractivity contribution in [3.63, 3.8) is 0 Å². The van der Waals surface area contributed by atoms with Gasteiger partial charge in [0.1, 0.15) is 5.60 Å². The summed E-state index contributed by atoms with van der Waals surface area (Å²) in [6.45, 7) is 20.7. The van der Waals surface area contributed by atoms with Gasteiger partial charge in [0.25, 0.3) is 0 Å². The summed E-state index contributed by atoms with van der Waals surface area (Å²) in [6, 6.07) is 0. The number of carbonyl (C=O) groups excluding carboxylic acids is 1. The highest BCUT2D eigenvalue weighted by molar-refractivity contribution is 5.67. The van der Waals surface area contributed by atoms with Gasteiger partial charge in [-0.3, -0.25) is 0 Å². The van der Waals surface area contributed by atoms with Gasteiger partial charge in [-0.25, -0.2) is 4.79 Å². The molecule has 0 saturated carbocycles. The summed E-state index contributed by atoms with van der Waals surface area (Å²) in [6.07, 6.45) is 7.34. The van der Waals surface area contributed by atoms with Crippen molar-refractivity contribution in [3.05, 3.63) is 24.6 Å². The highest BCUT2D eigenvalue weighted by Crippen LogP contribution is 2.06. The first-order valence-corrected chi connectivity index (χ1v) is 10.6. The number of hydrogen-bond acceptors (Lipinski definition) is 5. The van der Waals surface area contributed by atoms with Crippen LogP contribution in [0.15, 0.2) is 24.6 Å². The number of ether oxygens (including phenoxy) is 1. The Balaban J connectivity index is 0. The van der Waals surface area contributed by atoms with Gasteiger partial charge in [0.15, 0.2) is 0 Å². The Morgan fingerprint density at radius 1 is 0.893 bits per heavy atom. The van der Waals surface area contributed by atoms with E-state index in [-0.39, 0.29) is 6.09 Å². The third kappa shape index (κ3) is 26.5. The second kappa shape index (κ2) is 18.7. The predicted molar refractivity (Wildman–Crippen MR) is 121 cm³/mol. The van der Waals surface area contributed by atoms with E-state index in [9.17, 15) is 4.79 Å². The summed E-state index contributed by atoms with van der Waals surface area (Å²) in [5, 5.41) is 9.18. The molecule has 1 amide bonds. The zero-order valence-corrected chi connectivity index (χ0v) is 19.1. The monoisotopic (exact) mass is 398 g/mol. The van der Waals surface area contributed by atoms with Gasteiger partial charge in [-0.05, 0) is 72.8 Å². The molecule has 0 aromatic heterocycles. The Morgan fingerprint density at radius 3 is 1.86 bits per heavy atom. The quantitative estimate of drug-likeness (QED) is 0.325. The summed E-state index contributed by atoms with van der Waals surface area (Å²) in [7, 11) is 0. The normalized spacial score (nSPS) is 10.4. The van der Waals surface area contributed by atoms with Gasteiger partial charge < -0.3 is 26.4 Å². The lowest BCUT2D eigenvalue weighted by Crippen LogP contribution is -2.33. The Labute approximate surface area is 173 Å². The van der Waals surface area contributed by atoms with Gasteiger partial charge in [-0.1, -0.05) is 26.5 Å². The average molecular weight is 399 g/mol. The van der Waals surface area contributed by atoms with Crippen molar-refractivity contribution >= 4 is 6.09 Å². The Morgan fingerprint density at radius 2 is 1.39 bits per heavy atom. The van der Waals surface area contributed by atoms with Crippen molar-refractivity contribution in [2.45, 2.75) is 85.2 Å². The summed E-state index contributed by atoms with van der Waals surface area (Å²) < 4.78 is 5.14. The average Bonchev–Trinajstić information content (AvgIpc) is 2.59. The predicted octanol–water partition coefficient (Wildman–Crippen LogP) is 4.43. The number of nitrogens with one attached hydrogen (secondary N) is 3. The van der Waals surface area contributed by atoms with Crippen LogP contribution in [0.3, 0.4) is 0 Å². The van der Waals surface area contributed by atoms with Gasteiger partial charge in [0.2, 0.25) is 0 Å². The van der Waals surface area contributed by atoms with Gasteiger partial charge in [0, 0.05) is 31.0 Å². The van der Waals surface area contributed by atoms with Crippen LogP contribution in [-0.2, 0) is 4.74 Å². The van der Waals surface area contributed by atoms with Crippen LogP contribution in [0, 0.1) is 0 Å². The Kier molecular flexibility index (Phi) is 19.0. The van der Waals surface area contributed by atoms with Crippen LogP contribution < -0.4 is 21.7 Å². The molecule has 0 unspecified atom stereocenters. The molecular weight excluding hydrogens is 352 g/mol. The van der Waals surface area contributed by atoms with E-state index in [1.54, 1.807) is 0 Å². The fraction of sp³-hybridized carbons (Fsp3) is 0.773. The molecule has 0 spiro atoms. The highest BCUT2D eigenvalue weighted by Gasteiger charge is 2.15. The molecule has 6 nitrogen and oxygen atoms in total. The molecule has 166 valence electrons. The van der Waals surface area contributed by atoms with Gasteiger partial charge in [0.05, 0.1) is 0 Å². The number of nitrogens with two attached hydrogens (primary N) is 1. The minimum Gasteiger partial charge on any atom is -0.444 e. The molecule has 28 heavy (non-hydrogen) atoms. The smallest absolute Gasteiger partial charge is 0.407 e. The highest BCUT2D eigenvalue weighted by atomic mass is 16.6. The number of amides is 1. The lowest BCUT2D eigenvalue weighted by atomic mass is 10.2. The minimum atomic E-state index is -0.422. The maximum atomic E-state index is 11.3. The van der Waals surface area contributed by atoms with E-state index in [1.165, 1.54) is 12.8 Å². The molecule has 0 saturated heterocycles. The topological polar surface area (TPSA) is 88.4 Å². The van der Waals surface area contributed by atoms with Crippen LogP contribution in [-0.4, -0.2) is 37.9 Å². The van der Waals surface area contributed by atoms with Crippen molar-refractivity contribution < 1.29 is 9.53 Å². The summed E-state index contributed by atoms with van der Waals surface area (Å²) >= 11 is 0. The molecule has 0 aliphatic carbocycles. The van der Waals surface area contributed by atoms with E-state index in [2.05, 4.69) is 36.0 Å². The number of hydrogen-bond donors (Lipinski definition) is 4. The van der Waals surface area contributed by atoms with Crippen molar-refractivity contribution in [1.82, 2.24) is 16.0 Å². The fourth-order valence-electron chi connectivity index (χ4n) is 2.07. The first-order chi connectivity index (χ1) is 13.1. The van der Waals surface area contributed by atoms with E-state index in [1.807, 2.05) is 27.7 Å². The molecule has 0 fully saturated rings. The van der Waals surface area contributed by atoms with Crippen LogP contribution in [0.4, 0.5) is 4.79 Å². The Bertz CT molecular complexity index is 417. The van der Waals surface area contributed by atoms with E-state index in [4.69, 9.17) is 10.5 Å².